The quantitative estimate of drug-likeness (QED) is 0.643. The number of amides is 1. The first-order valence-corrected chi connectivity index (χ1v) is 11.1. The number of anilines is 1. The fraction of sp³-hybridized carbons (Fsp3) is 0.350. The Bertz CT molecular complexity index is 1110. The summed E-state index contributed by atoms with van der Waals surface area (Å²) in [6, 6.07) is 5.96. The summed E-state index contributed by atoms with van der Waals surface area (Å²) in [5.41, 5.74) is 1.46. The zero-order valence-corrected chi connectivity index (χ0v) is 17.6. The lowest BCUT2D eigenvalue weighted by Gasteiger charge is -2.30. The highest BCUT2D eigenvalue weighted by molar-refractivity contribution is 7.89. The highest BCUT2D eigenvalue weighted by Gasteiger charge is 2.30. The fourth-order valence-corrected chi connectivity index (χ4v) is 5.11. The Balaban J connectivity index is 1.43. The molecule has 1 fully saturated rings. The van der Waals surface area contributed by atoms with Crippen molar-refractivity contribution < 1.29 is 17.7 Å². The van der Waals surface area contributed by atoms with Gasteiger partial charge in [0.25, 0.3) is 5.91 Å². The van der Waals surface area contributed by atoms with E-state index in [0.717, 1.165) is 5.82 Å². The van der Waals surface area contributed by atoms with Gasteiger partial charge in [0.05, 0.1) is 4.90 Å². The average molecular weight is 430 g/mol. The minimum absolute atomic E-state index is 0.174. The molecular weight excluding hydrogens is 406 g/mol. The first-order chi connectivity index (χ1) is 14.4. The number of aromatic nitrogens is 3. The molecule has 1 amide bonds. The predicted octanol–water partition coefficient (Wildman–Crippen LogP) is 2.84. The van der Waals surface area contributed by atoms with Crippen LogP contribution in [0.15, 0.2) is 46.1 Å². The van der Waals surface area contributed by atoms with Gasteiger partial charge in [0.15, 0.2) is 5.76 Å². The standard InChI is InChI=1S/C20H23N5O4S/c1-13-18(14(2)29-24-13)23-20(26)16-3-5-17(6-4-16)30(27,28)25-11-7-15(8-12-25)19-21-9-10-22-19/h3-6,9-10,15H,7-8,11-12H2,1-2H3,(H,21,22)(H,23,26). The second kappa shape index (κ2) is 8.04. The van der Waals surface area contributed by atoms with Crippen LogP contribution in [0.5, 0.6) is 0 Å². The van der Waals surface area contributed by atoms with E-state index in [9.17, 15) is 13.2 Å². The smallest absolute Gasteiger partial charge is 0.255 e. The van der Waals surface area contributed by atoms with Crippen LogP contribution in [0.3, 0.4) is 0 Å². The van der Waals surface area contributed by atoms with Crippen molar-refractivity contribution in [3.8, 4) is 0 Å². The molecule has 9 nitrogen and oxygen atoms in total. The van der Waals surface area contributed by atoms with Crippen molar-refractivity contribution in [2.24, 2.45) is 0 Å². The molecule has 0 spiro atoms. The zero-order valence-electron chi connectivity index (χ0n) is 16.8. The van der Waals surface area contributed by atoms with Crippen LogP contribution in [0, 0.1) is 13.8 Å². The molecule has 158 valence electrons. The molecule has 30 heavy (non-hydrogen) atoms. The molecule has 0 bridgehead atoms. The van der Waals surface area contributed by atoms with Gasteiger partial charge < -0.3 is 14.8 Å². The van der Waals surface area contributed by atoms with Gasteiger partial charge in [-0.15, -0.1) is 0 Å². The molecule has 1 aliphatic rings. The molecule has 4 rings (SSSR count). The van der Waals surface area contributed by atoms with E-state index in [0.29, 0.717) is 48.6 Å². The Labute approximate surface area is 174 Å². The highest BCUT2D eigenvalue weighted by Crippen LogP contribution is 2.29. The number of nitrogens with zero attached hydrogens (tertiary/aromatic N) is 3. The van der Waals surface area contributed by atoms with Crippen LogP contribution < -0.4 is 5.32 Å². The summed E-state index contributed by atoms with van der Waals surface area (Å²) >= 11 is 0. The molecule has 2 N–H and O–H groups in total. The summed E-state index contributed by atoms with van der Waals surface area (Å²) < 4.78 is 32.5. The van der Waals surface area contributed by atoms with Crippen LogP contribution in [0.2, 0.25) is 0 Å². The number of aryl methyl sites for hydroxylation is 2. The normalized spacial score (nSPS) is 15.9. The van der Waals surface area contributed by atoms with E-state index < -0.39 is 10.0 Å². The second-order valence-electron chi connectivity index (χ2n) is 7.33. The summed E-state index contributed by atoms with van der Waals surface area (Å²) in [5.74, 6) is 1.30. The summed E-state index contributed by atoms with van der Waals surface area (Å²) in [4.78, 5) is 20.0. The number of H-pyrrole nitrogens is 1. The van der Waals surface area contributed by atoms with Gasteiger partial charge in [-0.05, 0) is 51.0 Å². The number of imidazole rings is 1. The zero-order chi connectivity index (χ0) is 21.3. The Kier molecular flexibility index (Phi) is 5.44. The topological polar surface area (TPSA) is 121 Å². The third-order valence-corrected chi connectivity index (χ3v) is 7.30. The predicted molar refractivity (Wildman–Crippen MR) is 110 cm³/mol. The number of hydrogen-bond acceptors (Lipinski definition) is 6. The molecule has 1 saturated heterocycles. The molecular formula is C20H23N5O4S. The Morgan fingerprint density at radius 1 is 1.20 bits per heavy atom. The molecule has 0 unspecified atom stereocenters. The Morgan fingerprint density at radius 3 is 2.47 bits per heavy atom. The number of carbonyl (C=O) groups excluding carboxylic acids is 1. The van der Waals surface area contributed by atoms with E-state index >= 15 is 0 Å². The van der Waals surface area contributed by atoms with Crippen LogP contribution in [0.4, 0.5) is 5.69 Å². The van der Waals surface area contributed by atoms with Crippen molar-refractivity contribution in [1.82, 2.24) is 19.4 Å². The van der Waals surface area contributed by atoms with Crippen molar-refractivity contribution in [1.29, 1.82) is 0 Å². The van der Waals surface area contributed by atoms with Gasteiger partial charge in [0.1, 0.15) is 17.2 Å². The van der Waals surface area contributed by atoms with Crippen LogP contribution in [-0.4, -0.2) is 46.8 Å². The van der Waals surface area contributed by atoms with Gasteiger partial charge in [0.2, 0.25) is 10.0 Å². The van der Waals surface area contributed by atoms with Crippen molar-refractivity contribution in [2.45, 2.75) is 37.5 Å². The molecule has 0 aliphatic carbocycles. The lowest BCUT2D eigenvalue weighted by molar-refractivity contribution is 0.102. The lowest BCUT2D eigenvalue weighted by Crippen LogP contribution is -2.38. The summed E-state index contributed by atoms with van der Waals surface area (Å²) in [5, 5.41) is 6.55. The van der Waals surface area contributed by atoms with E-state index in [1.54, 1.807) is 26.2 Å². The van der Waals surface area contributed by atoms with E-state index in [1.165, 1.54) is 28.6 Å². The number of rotatable bonds is 5. The van der Waals surface area contributed by atoms with Crippen molar-refractivity contribution >= 4 is 21.6 Å². The van der Waals surface area contributed by atoms with Gasteiger partial charge in [-0.1, -0.05) is 5.16 Å². The number of aromatic amines is 1. The van der Waals surface area contributed by atoms with Crippen LogP contribution >= 0.6 is 0 Å². The maximum atomic E-state index is 13.0. The van der Waals surface area contributed by atoms with E-state index in [2.05, 4.69) is 20.4 Å². The van der Waals surface area contributed by atoms with E-state index in [4.69, 9.17) is 4.52 Å². The summed E-state index contributed by atoms with van der Waals surface area (Å²) in [6.45, 7) is 4.31. The molecule has 10 heteroatoms. The van der Waals surface area contributed by atoms with Crippen molar-refractivity contribution in [3.63, 3.8) is 0 Å². The average Bonchev–Trinajstić information content (AvgIpc) is 3.40. The largest absolute Gasteiger partial charge is 0.359 e. The molecule has 2 aromatic heterocycles. The minimum Gasteiger partial charge on any atom is -0.359 e. The van der Waals surface area contributed by atoms with Crippen molar-refractivity contribution in [3.05, 3.63) is 59.5 Å². The molecule has 3 heterocycles. The number of sulfonamides is 1. The second-order valence-corrected chi connectivity index (χ2v) is 9.27. The van der Waals surface area contributed by atoms with Gasteiger partial charge in [-0.3, -0.25) is 4.79 Å². The van der Waals surface area contributed by atoms with Crippen molar-refractivity contribution in [2.75, 3.05) is 18.4 Å². The summed E-state index contributed by atoms with van der Waals surface area (Å²) in [6.07, 6.45) is 4.92. The number of piperidine rings is 1. The Hall–Kier alpha value is -2.98. The highest BCUT2D eigenvalue weighted by atomic mass is 32.2. The molecule has 3 aromatic rings. The lowest BCUT2D eigenvalue weighted by atomic mass is 9.98. The molecule has 0 radical (unpaired) electrons. The molecule has 0 atom stereocenters. The SMILES string of the molecule is Cc1noc(C)c1NC(=O)c1ccc(S(=O)(=O)N2CCC(c3ncc[nH]3)CC2)cc1. The monoisotopic (exact) mass is 429 g/mol. The first-order valence-electron chi connectivity index (χ1n) is 9.70. The summed E-state index contributed by atoms with van der Waals surface area (Å²) in [7, 11) is -3.61. The first kappa shape index (κ1) is 20.3. The Morgan fingerprint density at radius 2 is 1.90 bits per heavy atom. The van der Waals surface area contributed by atoms with E-state index in [-0.39, 0.29) is 16.7 Å². The molecule has 0 saturated carbocycles. The van der Waals surface area contributed by atoms with Gasteiger partial charge in [-0.25, -0.2) is 13.4 Å². The van der Waals surface area contributed by atoms with Gasteiger partial charge in [0, 0.05) is 37.0 Å². The van der Waals surface area contributed by atoms with Gasteiger partial charge >= 0.3 is 0 Å². The van der Waals surface area contributed by atoms with Crippen LogP contribution in [-0.2, 0) is 10.0 Å². The minimum atomic E-state index is -3.61. The number of nitrogens with one attached hydrogen (secondary N) is 2. The van der Waals surface area contributed by atoms with E-state index in [1.807, 2.05) is 0 Å². The number of carbonyl (C=O) groups is 1. The maximum Gasteiger partial charge on any atom is 0.255 e. The number of benzene rings is 1. The van der Waals surface area contributed by atoms with Crippen LogP contribution in [0.1, 0.15) is 46.4 Å². The third-order valence-electron chi connectivity index (χ3n) is 5.39. The molecule has 1 aromatic carbocycles. The van der Waals surface area contributed by atoms with Crippen LogP contribution in [0.25, 0.3) is 0 Å². The molecule has 1 aliphatic heterocycles. The fourth-order valence-electron chi connectivity index (χ4n) is 3.64. The number of hydrogen-bond donors (Lipinski definition) is 2. The van der Waals surface area contributed by atoms with Gasteiger partial charge in [-0.2, -0.15) is 4.31 Å². The third kappa shape index (κ3) is 3.88. The maximum absolute atomic E-state index is 13.0.